The molecule has 0 aromatic rings. The highest BCUT2D eigenvalue weighted by Gasteiger charge is 2.17. The van der Waals surface area contributed by atoms with Gasteiger partial charge in [-0.3, -0.25) is 0 Å². The molecule has 0 saturated carbocycles. The van der Waals surface area contributed by atoms with Crippen molar-refractivity contribution in [2.24, 2.45) is 0 Å². The Morgan fingerprint density at radius 1 is 0.786 bits per heavy atom. The molecule has 0 aliphatic heterocycles. The maximum Gasteiger partial charge on any atom is 0.105 e. The molecule has 4 heteroatoms. The lowest BCUT2D eigenvalue weighted by atomic mass is 10.2. The van der Waals surface area contributed by atoms with E-state index in [1.807, 2.05) is 27.7 Å². The van der Waals surface area contributed by atoms with E-state index in [9.17, 15) is 10.2 Å². The topological polar surface area (TPSA) is 58.9 Å². The lowest BCUT2D eigenvalue weighted by Crippen LogP contribution is -2.35. The summed E-state index contributed by atoms with van der Waals surface area (Å²) in [6.07, 6.45) is -1.64. The summed E-state index contributed by atoms with van der Waals surface area (Å²) >= 11 is 0. The first kappa shape index (κ1) is 13.8. The second kappa shape index (κ2) is 7.17. The zero-order valence-corrected chi connectivity index (χ0v) is 9.43. The highest BCUT2D eigenvalue weighted by Crippen LogP contribution is 2.00. The lowest BCUT2D eigenvalue weighted by molar-refractivity contribution is -0.0877. The molecule has 0 fully saturated rings. The van der Waals surface area contributed by atoms with Crippen LogP contribution in [0.4, 0.5) is 0 Å². The van der Waals surface area contributed by atoms with Crippen molar-refractivity contribution in [2.75, 3.05) is 13.2 Å². The van der Waals surface area contributed by atoms with E-state index >= 15 is 0 Å². The fourth-order valence-corrected chi connectivity index (χ4v) is 0.804. The van der Waals surface area contributed by atoms with Gasteiger partial charge in [0, 0.05) is 0 Å². The van der Waals surface area contributed by atoms with Crippen LogP contribution in [0, 0.1) is 0 Å². The van der Waals surface area contributed by atoms with E-state index in [-0.39, 0.29) is 25.4 Å². The third-order valence-corrected chi connectivity index (χ3v) is 1.64. The molecule has 0 heterocycles. The molecule has 0 radical (unpaired) electrons. The summed E-state index contributed by atoms with van der Waals surface area (Å²) < 4.78 is 10.3. The fraction of sp³-hybridized carbons (Fsp3) is 1.00. The summed E-state index contributed by atoms with van der Waals surface area (Å²) in [7, 11) is 0. The van der Waals surface area contributed by atoms with Gasteiger partial charge in [0.25, 0.3) is 0 Å². The molecule has 4 nitrogen and oxygen atoms in total. The summed E-state index contributed by atoms with van der Waals surface area (Å²) in [5, 5.41) is 18.8. The molecule has 0 aliphatic rings. The van der Waals surface area contributed by atoms with Gasteiger partial charge in [-0.2, -0.15) is 0 Å². The van der Waals surface area contributed by atoms with Crippen molar-refractivity contribution < 1.29 is 19.7 Å². The predicted octanol–water partition coefficient (Wildman–Crippen LogP) is 0.558. The molecule has 2 unspecified atom stereocenters. The first-order valence-corrected chi connectivity index (χ1v) is 5.02. The number of hydrogen-bond donors (Lipinski definition) is 2. The quantitative estimate of drug-likeness (QED) is 0.639. The second-order valence-corrected chi connectivity index (χ2v) is 3.90. The highest BCUT2D eigenvalue weighted by atomic mass is 16.5. The van der Waals surface area contributed by atoms with Gasteiger partial charge in [-0.15, -0.1) is 0 Å². The van der Waals surface area contributed by atoms with E-state index in [1.165, 1.54) is 0 Å². The minimum absolute atomic E-state index is 0.0582. The van der Waals surface area contributed by atoms with Crippen LogP contribution in [0.2, 0.25) is 0 Å². The van der Waals surface area contributed by atoms with Crippen LogP contribution in [0.25, 0.3) is 0 Å². The Bertz CT molecular complexity index is 120. The van der Waals surface area contributed by atoms with Gasteiger partial charge in [-0.25, -0.2) is 0 Å². The summed E-state index contributed by atoms with van der Waals surface area (Å²) in [6, 6.07) is 0. The van der Waals surface area contributed by atoms with Crippen molar-refractivity contribution in [2.45, 2.75) is 52.1 Å². The molecule has 0 aliphatic carbocycles. The highest BCUT2D eigenvalue weighted by molar-refractivity contribution is 4.66. The van der Waals surface area contributed by atoms with E-state index in [0.717, 1.165) is 0 Å². The number of aliphatic hydroxyl groups excluding tert-OH is 2. The van der Waals surface area contributed by atoms with Gasteiger partial charge in [0.15, 0.2) is 0 Å². The third kappa shape index (κ3) is 7.26. The Morgan fingerprint density at radius 2 is 1.07 bits per heavy atom. The van der Waals surface area contributed by atoms with Crippen LogP contribution in [0.5, 0.6) is 0 Å². The Kier molecular flexibility index (Phi) is 7.09. The Labute approximate surface area is 85.8 Å². The maximum atomic E-state index is 9.42. The SMILES string of the molecule is CC(C)OCC(O)C(O)COC(C)C. The average molecular weight is 206 g/mol. The van der Waals surface area contributed by atoms with Crippen molar-refractivity contribution in [3.8, 4) is 0 Å². The first-order chi connectivity index (χ1) is 6.43. The summed E-state index contributed by atoms with van der Waals surface area (Å²) in [4.78, 5) is 0. The minimum Gasteiger partial charge on any atom is -0.388 e. The molecule has 2 atom stereocenters. The number of hydrogen-bond acceptors (Lipinski definition) is 4. The lowest BCUT2D eigenvalue weighted by Gasteiger charge is -2.20. The Hall–Kier alpha value is -0.160. The van der Waals surface area contributed by atoms with E-state index in [4.69, 9.17) is 9.47 Å². The molecule has 0 bridgehead atoms. The molecule has 0 rings (SSSR count). The van der Waals surface area contributed by atoms with Crippen LogP contribution >= 0.6 is 0 Å². The van der Waals surface area contributed by atoms with Crippen LogP contribution in [0.15, 0.2) is 0 Å². The van der Waals surface area contributed by atoms with Gasteiger partial charge in [0.05, 0.1) is 25.4 Å². The van der Waals surface area contributed by atoms with Crippen LogP contribution in [0.1, 0.15) is 27.7 Å². The number of rotatable bonds is 7. The number of ether oxygens (including phenoxy) is 2. The molecular weight excluding hydrogens is 184 g/mol. The van der Waals surface area contributed by atoms with Crippen LogP contribution in [0.3, 0.4) is 0 Å². The van der Waals surface area contributed by atoms with Crippen molar-refractivity contribution in [3.05, 3.63) is 0 Å². The van der Waals surface area contributed by atoms with Crippen molar-refractivity contribution in [1.82, 2.24) is 0 Å². The smallest absolute Gasteiger partial charge is 0.105 e. The van der Waals surface area contributed by atoms with Gasteiger partial charge in [-0.05, 0) is 27.7 Å². The first-order valence-electron chi connectivity index (χ1n) is 5.02. The molecule has 86 valence electrons. The predicted molar refractivity (Wildman–Crippen MR) is 54.2 cm³/mol. The van der Waals surface area contributed by atoms with Gasteiger partial charge in [0.1, 0.15) is 12.2 Å². The van der Waals surface area contributed by atoms with Gasteiger partial charge in [-0.1, -0.05) is 0 Å². The van der Waals surface area contributed by atoms with Gasteiger partial charge in [0.2, 0.25) is 0 Å². The Morgan fingerprint density at radius 3 is 1.29 bits per heavy atom. The third-order valence-electron chi connectivity index (χ3n) is 1.64. The second-order valence-electron chi connectivity index (χ2n) is 3.90. The fourth-order valence-electron chi connectivity index (χ4n) is 0.804. The summed E-state index contributed by atoms with van der Waals surface area (Å²) in [5.74, 6) is 0. The zero-order valence-electron chi connectivity index (χ0n) is 9.43. The van der Waals surface area contributed by atoms with E-state index in [0.29, 0.717) is 0 Å². The Balaban J connectivity index is 3.59. The molecule has 0 aromatic carbocycles. The van der Waals surface area contributed by atoms with Crippen LogP contribution in [-0.4, -0.2) is 47.8 Å². The number of aliphatic hydroxyl groups is 2. The molecule has 0 amide bonds. The standard InChI is InChI=1S/C10H22O4/c1-7(2)13-5-9(11)10(12)6-14-8(3)4/h7-12H,5-6H2,1-4H3. The average Bonchev–Trinajstić information content (AvgIpc) is 2.09. The van der Waals surface area contributed by atoms with E-state index in [2.05, 4.69) is 0 Å². The molecular formula is C10H22O4. The monoisotopic (exact) mass is 206 g/mol. The van der Waals surface area contributed by atoms with E-state index in [1.54, 1.807) is 0 Å². The van der Waals surface area contributed by atoms with Gasteiger partial charge < -0.3 is 19.7 Å². The van der Waals surface area contributed by atoms with Crippen LogP contribution in [-0.2, 0) is 9.47 Å². The zero-order chi connectivity index (χ0) is 11.1. The van der Waals surface area contributed by atoms with Gasteiger partial charge >= 0.3 is 0 Å². The van der Waals surface area contributed by atoms with Crippen molar-refractivity contribution >= 4 is 0 Å². The molecule has 0 saturated heterocycles. The normalized spacial score (nSPS) is 16.3. The van der Waals surface area contributed by atoms with Crippen molar-refractivity contribution in [3.63, 3.8) is 0 Å². The maximum absolute atomic E-state index is 9.42. The molecule has 14 heavy (non-hydrogen) atoms. The molecule has 0 spiro atoms. The van der Waals surface area contributed by atoms with Crippen molar-refractivity contribution in [1.29, 1.82) is 0 Å². The largest absolute Gasteiger partial charge is 0.388 e. The van der Waals surface area contributed by atoms with Crippen LogP contribution < -0.4 is 0 Å². The summed E-state index contributed by atoms with van der Waals surface area (Å²) in [5.41, 5.74) is 0. The minimum atomic E-state index is -0.879. The summed E-state index contributed by atoms with van der Waals surface area (Å²) in [6.45, 7) is 7.79. The molecule has 2 N–H and O–H groups in total. The van der Waals surface area contributed by atoms with E-state index < -0.39 is 12.2 Å². The molecule has 0 aromatic heterocycles.